The number of rotatable bonds is 2. The van der Waals surface area contributed by atoms with E-state index in [1.807, 2.05) is 4.68 Å². The normalized spacial score (nSPS) is 35.4. The molecule has 1 aromatic heterocycles. The molecule has 76 valence electrons. The third-order valence-corrected chi connectivity index (χ3v) is 3.80. The molecule has 2 saturated carbocycles. The molecule has 3 atom stereocenters. The van der Waals surface area contributed by atoms with Crippen molar-refractivity contribution < 1.29 is 5.11 Å². The quantitative estimate of drug-likeness (QED) is 0.766. The molecule has 0 amide bonds. The molecule has 1 N–H and O–H groups in total. The number of aliphatic hydroxyl groups excluding tert-OH is 1. The molecule has 0 saturated heterocycles. The van der Waals surface area contributed by atoms with Crippen molar-refractivity contribution in [2.24, 2.45) is 11.8 Å². The molecule has 1 heterocycles. The topological polar surface area (TPSA) is 50.9 Å². The summed E-state index contributed by atoms with van der Waals surface area (Å²) >= 11 is 0. The van der Waals surface area contributed by atoms with Crippen molar-refractivity contribution >= 4 is 0 Å². The maximum absolute atomic E-state index is 9.11. The Labute approximate surface area is 83.0 Å². The monoisotopic (exact) mass is 193 g/mol. The summed E-state index contributed by atoms with van der Waals surface area (Å²) in [7, 11) is 0. The highest BCUT2D eigenvalue weighted by molar-refractivity contribution is 4.96. The fourth-order valence-corrected chi connectivity index (χ4v) is 3.17. The second kappa shape index (κ2) is 3.05. The van der Waals surface area contributed by atoms with Crippen molar-refractivity contribution in [2.45, 2.75) is 38.3 Å². The molecule has 2 bridgehead atoms. The summed E-state index contributed by atoms with van der Waals surface area (Å²) in [6.45, 7) is 0.00782. The molecule has 0 aromatic carbocycles. The van der Waals surface area contributed by atoms with Gasteiger partial charge in [0.2, 0.25) is 0 Å². The lowest BCUT2D eigenvalue weighted by Gasteiger charge is -2.22. The van der Waals surface area contributed by atoms with Gasteiger partial charge in [0.15, 0.2) is 5.82 Å². The van der Waals surface area contributed by atoms with Gasteiger partial charge in [-0.05, 0) is 31.1 Å². The minimum absolute atomic E-state index is 0.00782. The van der Waals surface area contributed by atoms with Crippen LogP contribution in [-0.2, 0) is 6.61 Å². The Bertz CT molecular complexity index is 336. The van der Waals surface area contributed by atoms with E-state index in [1.165, 1.54) is 25.7 Å². The van der Waals surface area contributed by atoms with Gasteiger partial charge in [0.1, 0.15) is 12.9 Å². The van der Waals surface area contributed by atoms with Gasteiger partial charge in [-0.1, -0.05) is 6.42 Å². The van der Waals surface area contributed by atoms with Crippen LogP contribution in [0.5, 0.6) is 0 Å². The smallest absolute Gasteiger partial charge is 0.152 e. The molecule has 0 aliphatic heterocycles. The zero-order chi connectivity index (χ0) is 9.54. The predicted octanol–water partition coefficient (Wildman–Crippen LogP) is 1.13. The molecule has 14 heavy (non-hydrogen) atoms. The van der Waals surface area contributed by atoms with Crippen molar-refractivity contribution in [2.75, 3.05) is 0 Å². The molecule has 2 aliphatic carbocycles. The lowest BCUT2D eigenvalue weighted by Crippen LogP contribution is -2.19. The standard InChI is InChI=1S/C10H15N3O/c14-5-10-11-6-12-13(10)9-4-7-1-2-8(9)3-7/h6-9,14H,1-5H2. The summed E-state index contributed by atoms with van der Waals surface area (Å²) < 4.78 is 1.95. The summed E-state index contributed by atoms with van der Waals surface area (Å²) in [5.41, 5.74) is 0. The van der Waals surface area contributed by atoms with Crippen LogP contribution in [0, 0.1) is 11.8 Å². The second-order valence-electron chi connectivity index (χ2n) is 4.52. The lowest BCUT2D eigenvalue weighted by molar-refractivity contribution is 0.237. The van der Waals surface area contributed by atoms with Crippen LogP contribution in [0.3, 0.4) is 0 Å². The Balaban J connectivity index is 1.89. The Hall–Kier alpha value is -0.900. The van der Waals surface area contributed by atoms with Crippen LogP contribution in [0.2, 0.25) is 0 Å². The third kappa shape index (κ3) is 1.10. The van der Waals surface area contributed by atoms with Crippen molar-refractivity contribution in [3.05, 3.63) is 12.2 Å². The van der Waals surface area contributed by atoms with E-state index >= 15 is 0 Å². The fraction of sp³-hybridized carbons (Fsp3) is 0.800. The molecular formula is C10H15N3O. The van der Waals surface area contributed by atoms with Crippen LogP contribution in [0.25, 0.3) is 0 Å². The number of fused-ring (bicyclic) bond motifs is 2. The van der Waals surface area contributed by atoms with E-state index < -0.39 is 0 Å². The molecule has 3 rings (SSSR count). The van der Waals surface area contributed by atoms with Crippen LogP contribution in [0.4, 0.5) is 0 Å². The molecule has 0 spiro atoms. The van der Waals surface area contributed by atoms with Crippen LogP contribution >= 0.6 is 0 Å². The van der Waals surface area contributed by atoms with Crippen molar-refractivity contribution in [1.29, 1.82) is 0 Å². The van der Waals surface area contributed by atoms with Gasteiger partial charge in [-0.25, -0.2) is 9.67 Å². The van der Waals surface area contributed by atoms with Gasteiger partial charge in [-0.15, -0.1) is 0 Å². The minimum Gasteiger partial charge on any atom is -0.388 e. The maximum Gasteiger partial charge on any atom is 0.152 e. The van der Waals surface area contributed by atoms with Crippen molar-refractivity contribution in [3.63, 3.8) is 0 Å². The Morgan fingerprint density at radius 1 is 1.43 bits per heavy atom. The number of aliphatic hydroxyl groups is 1. The lowest BCUT2D eigenvalue weighted by atomic mass is 9.95. The Kier molecular flexibility index (Phi) is 1.83. The highest BCUT2D eigenvalue weighted by atomic mass is 16.3. The molecule has 0 radical (unpaired) electrons. The van der Waals surface area contributed by atoms with E-state index in [0.717, 1.165) is 17.7 Å². The Morgan fingerprint density at radius 2 is 2.36 bits per heavy atom. The van der Waals surface area contributed by atoms with Gasteiger partial charge >= 0.3 is 0 Å². The van der Waals surface area contributed by atoms with Crippen LogP contribution in [0.1, 0.15) is 37.5 Å². The molecule has 2 fully saturated rings. The van der Waals surface area contributed by atoms with Crippen LogP contribution in [0.15, 0.2) is 6.33 Å². The zero-order valence-electron chi connectivity index (χ0n) is 8.13. The first kappa shape index (κ1) is 8.41. The summed E-state index contributed by atoms with van der Waals surface area (Å²) in [6.07, 6.45) is 6.87. The molecule has 2 aliphatic rings. The largest absolute Gasteiger partial charge is 0.388 e. The first-order valence-corrected chi connectivity index (χ1v) is 5.37. The average molecular weight is 193 g/mol. The molecular weight excluding hydrogens is 178 g/mol. The van der Waals surface area contributed by atoms with Gasteiger partial charge in [0, 0.05) is 0 Å². The number of hydrogen-bond donors (Lipinski definition) is 1. The van der Waals surface area contributed by atoms with Crippen molar-refractivity contribution in [3.8, 4) is 0 Å². The number of aromatic nitrogens is 3. The predicted molar refractivity (Wildman–Crippen MR) is 50.4 cm³/mol. The zero-order valence-corrected chi connectivity index (χ0v) is 8.13. The molecule has 1 aromatic rings. The van der Waals surface area contributed by atoms with E-state index in [0.29, 0.717) is 6.04 Å². The van der Waals surface area contributed by atoms with Gasteiger partial charge in [-0.2, -0.15) is 5.10 Å². The SMILES string of the molecule is OCc1ncnn1C1CC2CCC1C2. The first-order valence-electron chi connectivity index (χ1n) is 5.37. The van der Waals surface area contributed by atoms with E-state index in [-0.39, 0.29) is 6.61 Å². The van der Waals surface area contributed by atoms with E-state index in [2.05, 4.69) is 10.1 Å². The molecule has 4 heteroatoms. The van der Waals surface area contributed by atoms with E-state index in [1.54, 1.807) is 6.33 Å². The number of nitrogens with zero attached hydrogens (tertiary/aromatic N) is 3. The van der Waals surface area contributed by atoms with Crippen LogP contribution in [-0.4, -0.2) is 19.9 Å². The van der Waals surface area contributed by atoms with Crippen molar-refractivity contribution in [1.82, 2.24) is 14.8 Å². The average Bonchev–Trinajstić information content (AvgIpc) is 2.92. The van der Waals surface area contributed by atoms with Gasteiger partial charge in [0.05, 0.1) is 6.04 Å². The van der Waals surface area contributed by atoms with E-state index in [9.17, 15) is 0 Å². The summed E-state index contributed by atoms with van der Waals surface area (Å²) in [4.78, 5) is 4.06. The first-order chi connectivity index (χ1) is 6.88. The second-order valence-corrected chi connectivity index (χ2v) is 4.52. The maximum atomic E-state index is 9.11. The number of hydrogen-bond acceptors (Lipinski definition) is 3. The highest BCUT2D eigenvalue weighted by Gasteiger charge is 2.41. The van der Waals surface area contributed by atoms with Gasteiger partial charge in [-0.3, -0.25) is 0 Å². The highest BCUT2D eigenvalue weighted by Crippen LogP contribution is 2.50. The van der Waals surface area contributed by atoms with E-state index in [4.69, 9.17) is 5.11 Å². The van der Waals surface area contributed by atoms with Gasteiger partial charge in [0.25, 0.3) is 0 Å². The third-order valence-electron chi connectivity index (χ3n) is 3.80. The van der Waals surface area contributed by atoms with Crippen LogP contribution < -0.4 is 0 Å². The summed E-state index contributed by atoms with van der Waals surface area (Å²) in [6, 6.07) is 0.512. The summed E-state index contributed by atoms with van der Waals surface area (Å²) in [5.74, 6) is 2.41. The van der Waals surface area contributed by atoms with Gasteiger partial charge < -0.3 is 5.11 Å². The fourth-order valence-electron chi connectivity index (χ4n) is 3.17. The summed E-state index contributed by atoms with van der Waals surface area (Å²) in [5, 5.41) is 13.3. The minimum atomic E-state index is 0.00782. The molecule has 3 unspecified atom stereocenters. The Morgan fingerprint density at radius 3 is 3.00 bits per heavy atom. The molecule has 4 nitrogen and oxygen atoms in total.